The zero-order valence-electron chi connectivity index (χ0n) is 16.5. The van der Waals surface area contributed by atoms with Crippen LogP contribution in [0.25, 0.3) is 11.1 Å². The maximum atomic E-state index is 13.1. The number of hydrogen-bond donors (Lipinski definition) is 1. The standard InChI is InChI=1S/C23H23N5O/c1-17-14-21(26-27(17)2)23(29)28(16-22-24-12-13-25-22)15-18-8-10-20(11-9-18)19-6-4-3-5-7-19/h3-14H,15-16H2,1-2H3,(H,24,25). The van der Waals surface area contributed by atoms with E-state index in [2.05, 4.69) is 51.5 Å². The summed E-state index contributed by atoms with van der Waals surface area (Å²) in [6.45, 7) is 2.80. The van der Waals surface area contributed by atoms with Gasteiger partial charge < -0.3 is 9.88 Å². The number of nitrogens with one attached hydrogen (secondary N) is 1. The van der Waals surface area contributed by atoms with Crippen LogP contribution in [0.4, 0.5) is 0 Å². The van der Waals surface area contributed by atoms with Crippen molar-refractivity contribution in [2.24, 2.45) is 7.05 Å². The molecule has 4 rings (SSSR count). The number of carbonyl (C=O) groups is 1. The third-order valence-electron chi connectivity index (χ3n) is 4.95. The molecule has 2 aromatic heterocycles. The average molecular weight is 385 g/mol. The lowest BCUT2D eigenvalue weighted by atomic mass is 10.0. The van der Waals surface area contributed by atoms with Crippen LogP contribution in [-0.4, -0.2) is 30.6 Å². The van der Waals surface area contributed by atoms with Crippen molar-refractivity contribution in [2.75, 3.05) is 0 Å². The van der Waals surface area contributed by atoms with Crippen molar-refractivity contribution < 1.29 is 4.79 Å². The summed E-state index contributed by atoms with van der Waals surface area (Å²) in [6.07, 6.45) is 3.45. The number of benzene rings is 2. The monoisotopic (exact) mass is 385 g/mol. The van der Waals surface area contributed by atoms with E-state index < -0.39 is 0 Å². The van der Waals surface area contributed by atoms with E-state index >= 15 is 0 Å². The topological polar surface area (TPSA) is 66.8 Å². The summed E-state index contributed by atoms with van der Waals surface area (Å²) in [6, 6.07) is 20.4. The first-order valence-electron chi connectivity index (χ1n) is 9.52. The number of amides is 1. The van der Waals surface area contributed by atoms with E-state index in [0.29, 0.717) is 18.8 Å². The highest BCUT2D eigenvalue weighted by atomic mass is 16.2. The molecule has 146 valence electrons. The average Bonchev–Trinajstić information content (AvgIpc) is 3.38. The molecule has 0 radical (unpaired) electrons. The van der Waals surface area contributed by atoms with Gasteiger partial charge in [0.05, 0.1) is 6.54 Å². The zero-order chi connectivity index (χ0) is 20.2. The number of aromatic amines is 1. The van der Waals surface area contributed by atoms with Gasteiger partial charge in [0.1, 0.15) is 5.82 Å². The van der Waals surface area contributed by atoms with Gasteiger partial charge in [-0.25, -0.2) is 4.98 Å². The number of imidazole rings is 1. The van der Waals surface area contributed by atoms with Crippen molar-refractivity contribution in [3.05, 3.63) is 95.8 Å². The number of aromatic nitrogens is 4. The number of aryl methyl sites for hydroxylation is 2. The Labute approximate surface area is 169 Å². The fourth-order valence-corrected chi connectivity index (χ4v) is 3.25. The Morgan fingerprint density at radius 3 is 2.38 bits per heavy atom. The molecule has 0 unspecified atom stereocenters. The minimum atomic E-state index is -0.114. The van der Waals surface area contributed by atoms with Crippen LogP contribution in [-0.2, 0) is 20.1 Å². The molecule has 0 saturated carbocycles. The molecule has 2 aromatic carbocycles. The Kier molecular flexibility index (Phi) is 5.24. The van der Waals surface area contributed by atoms with Gasteiger partial charge in [-0.05, 0) is 29.7 Å². The Morgan fingerprint density at radius 2 is 1.76 bits per heavy atom. The summed E-state index contributed by atoms with van der Waals surface area (Å²) >= 11 is 0. The lowest BCUT2D eigenvalue weighted by Crippen LogP contribution is -2.31. The molecule has 0 aliphatic rings. The molecule has 1 amide bonds. The van der Waals surface area contributed by atoms with Crippen LogP contribution in [0.5, 0.6) is 0 Å². The summed E-state index contributed by atoms with van der Waals surface area (Å²) < 4.78 is 1.72. The van der Waals surface area contributed by atoms with E-state index in [9.17, 15) is 4.79 Å². The van der Waals surface area contributed by atoms with Crippen molar-refractivity contribution in [3.63, 3.8) is 0 Å². The molecule has 0 spiro atoms. The van der Waals surface area contributed by atoms with Gasteiger partial charge in [-0.2, -0.15) is 5.10 Å². The quantitative estimate of drug-likeness (QED) is 0.546. The molecular formula is C23H23N5O. The molecule has 2 heterocycles. The predicted molar refractivity (Wildman–Crippen MR) is 112 cm³/mol. The normalized spacial score (nSPS) is 10.8. The second kappa shape index (κ2) is 8.14. The van der Waals surface area contributed by atoms with E-state index in [1.165, 1.54) is 5.56 Å². The second-order valence-corrected chi connectivity index (χ2v) is 7.05. The number of hydrogen-bond acceptors (Lipinski definition) is 3. The van der Waals surface area contributed by atoms with Gasteiger partial charge >= 0.3 is 0 Å². The third-order valence-corrected chi connectivity index (χ3v) is 4.95. The lowest BCUT2D eigenvalue weighted by molar-refractivity contribution is 0.0719. The highest BCUT2D eigenvalue weighted by molar-refractivity contribution is 5.92. The first kappa shape index (κ1) is 18.7. The number of H-pyrrole nitrogens is 1. The van der Waals surface area contributed by atoms with Crippen LogP contribution in [0.3, 0.4) is 0 Å². The zero-order valence-corrected chi connectivity index (χ0v) is 16.5. The highest BCUT2D eigenvalue weighted by Crippen LogP contribution is 2.20. The van der Waals surface area contributed by atoms with Gasteiger partial charge in [0.15, 0.2) is 5.69 Å². The Bertz CT molecular complexity index is 1060. The van der Waals surface area contributed by atoms with Crippen LogP contribution in [0.1, 0.15) is 27.6 Å². The van der Waals surface area contributed by atoms with Crippen LogP contribution in [0, 0.1) is 6.92 Å². The van der Waals surface area contributed by atoms with Gasteiger partial charge in [0.2, 0.25) is 0 Å². The summed E-state index contributed by atoms with van der Waals surface area (Å²) in [5.74, 6) is 0.629. The van der Waals surface area contributed by atoms with Gasteiger partial charge in [-0.15, -0.1) is 0 Å². The molecule has 0 atom stereocenters. The van der Waals surface area contributed by atoms with Crippen LogP contribution in [0.15, 0.2) is 73.1 Å². The molecule has 0 bridgehead atoms. The number of carbonyl (C=O) groups excluding carboxylic acids is 1. The van der Waals surface area contributed by atoms with E-state index in [1.807, 2.05) is 38.2 Å². The van der Waals surface area contributed by atoms with Gasteiger partial charge in [-0.1, -0.05) is 54.6 Å². The van der Waals surface area contributed by atoms with Crippen LogP contribution < -0.4 is 0 Å². The molecule has 0 aliphatic heterocycles. The third kappa shape index (κ3) is 4.27. The summed E-state index contributed by atoms with van der Waals surface area (Å²) in [5, 5.41) is 4.35. The minimum Gasteiger partial charge on any atom is -0.347 e. The maximum absolute atomic E-state index is 13.1. The molecule has 6 heteroatoms. The Hall–Kier alpha value is -3.67. The van der Waals surface area contributed by atoms with E-state index in [1.54, 1.807) is 22.0 Å². The van der Waals surface area contributed by atoms with Crippen molar-refractivity contribution >= 4 is 5.91 Å². The van der Waals surface area contributed by atoms with Crippen molar-refractivity contribution in [1.82, 2.24) is 24.6 Å². The molecule has 6 nitrogen and oxygen atoms in total. The molecule has 0 saturated heterocycles. The highest BCUT2D eigenvalue weighted by Gasteiger charge is 2.20. The first-order chi connectivity index (χ1) is 14.1. The summed E-state index contributed by atoms with van der Waals surface area (Å²) in [4.78, 5) is 22.3. The van der Waals surface area contributed by atoms with Gasteiger partial charge in [0.25, 0.3) is 5.91 Å². The van der Waals surface area contributed by atoms with Gasteiger partial charge in [-0.3, -0.25) is 9.48 Å². The fourth-order valence-electron chi connectivity index (χ4n) is 3.25. The van der Waals surface area contributed by atoms with Crippen LogP contribution >= 0.6 is 0 Å². The molecule has 0 aliphatic carbocycles. The Morgan fingerprint density at radius 1 is 1.03 bits per heavy atom. The number of rotatable bonds is 6. The molecular weight excluding hydrogens is 362 g/mol. The SMILES string of the molecule is Cc1cc(C(=O)N(Cc2ccc(-c3ccccc3)cc2)Cc2ncc[nH]2)nn1C. The first-order valence-corrected chi connectivity index (χ1v) is 9.52. The molecule has 1 N–H and O–H groups in total. The van der Waals surface area contributed by atoms with E-state index in [0.717, 1.165) is 22.6 Å². The second-order valence-electron chi connectivity index (χ2n) is 7.05. The fraction of sp³-hybridized carbons (Fsp3) is 0.174. The van der Waals surface area contributed by atoms with Gasteiger partial charge in [0, 0.05) is 31.7 Å². The van der Waals surface area contributed by atoms with Crippen molar-refractivity contribution in [2.45, 2.75) is 20.0 Å². The van der Waals surface area contributed by atoms with Crippen molar-refractivity contribution in [3.8, 4) is 11.1 Å². The molecule has 29 heavy (non-hydrogen) atoms. The maximum Gasteiger partial charge on any atom is 0.275 e. The van der Waals surface area contributed by atoms with Crippen LogP contribution in [0.2, 0.25) is 0 Å². The number of nitrogens with zero attached hydrogens (tertiary/aromatic N) is 4. The lowest BCUT2D eigenvalue weighted by Gasteiger charge is -2.21. The predicted octanol–water partition coefficient (Wildman–Crippen LogP) is 3.96. The smallest absolute Gasteiger partial charge is 0.275 e. The summed E-state index contributed by atoms with van der Waals surface area (Å²) in [7, 11) is 1.84. The van der Waals surface area contributed by atoms with E-state index in [4.69, 9.17) is 0 Å². The summed E-state index contributed by atoms with van der Waals surface area (Å²) in [5.41, 5.74) is 4.76. The molecule has 4 aromatic rings. The minimum absolute atomic E-state index is 0.114. The molecule has 0 fully saturated rings. The van der Waals surface area contributed by atoms with E-state index in [-0.39, 0.29) is 5.91 Å². The largest absolute Gasteiger partial charge is 0.347 e. The van der Waals surface area contributed by atoms with Crippen molar-refractivity contribution in [1.29, 1.82) is 0 Å². The Balaban J connectivity index is 1.57.